The predicted octanol–water partition coefficient (Wildman–Crippen LogP) is 3.19. The van der Waals surface area contributed by atoms with Crippen molar-refractivity contribution in [2.45, 2.75) is 59.6 Å². The van der Waals surface area contributed by atoms with Gasteiger partial charge in [-0.15, -0.1) is 11.3 Å². The summed E-state index contributed by atoms with van der Waals surface area (Å²) in [4.78, 5) is 31.6. The first-order chi connectivity index (χ1) is 12.7. The topological polar surface area (TPSA) is 70.4 Å². The third kappa shape index (κ3) is 4.24. The predicted molar refractivity (Wildman–Crippen MR) is 106 cm³/mol. The molecule has 2 unspecified atom stereocenters. The minimum absolute atomic E-state index is 0.134. The second kappa shape index (κ2) is 7.72. The number of methoxy groups -OCH3 is 1. The summed E-state index contributed by atoms with van der Waals surface area (Å²) < 4.78 is 11.6. The van der Waals surface area contributed by atoms with Crippen LogP contribution in [0.1, 0.15) is 44.6 Å². The maximum Gasteiger partial charge on any atom is 0.326 e. The van der Waals surface area contributed by atoms with Gasteiger partial charge in [-0.3, -0.25) is 14.2 Å². The fourth-order valence-corrected chi connectivity index (χ4v) is 4.98. The molecule has 3 rings (SSSR count). The molecule has 0 radical (unpaired) electrons. The van der Waals surface area contributed by atoms with Gasteiger partial charge in [-0.05, 0) is 43.1 Å². The summed E-state index contributed by atoms with van der Waals surface area (Å²) in [6.07, 6.45) is 4.07. The third-order valence-corrected chi connectivity index (χ3v) is 6.46. The minimum Gasteiger partial charge on any atom is -0.459 e. The van der Waals surface area contributed by atoms with E-state index in [0.717, 1.165) is 29.7 Å². The molecule has 0 spiro atoms. The van der Waals surface area contributed by atoms with Crippen LogP contribution in [0.25, 0.3) is 10.2 Å². The molecule has 0 aromatic carbocycles. The lowest BCUT2D eigenvalue weighted by molar-refractivity contribution is -0.151. The van der Waals surface area contributed by atoms with Gasteiger partial charge in [0.1, 0.15) is 17.5 Å². The van der Waals surface area contributed by atoms with E-state index in [1.165, 1.54) is 15.8 Å². The van der Waals surface area contributed by atoms with Gasteiger partial charge in [0.25, 0.3) is 5.56 Å². The highest BCUT2D eigenvalue weighted by Gasteiger charge is 2.31. The molecule has 2 aromatic rings. The van der Waals surface area contributed by atoms with Gasteiger partial charge in [0.2, 0.25) is 0 Å². The molecule has 1 aliphatic carbocycles. The number of fused-ring (bicyclic) bond motifs is 3. The highest BCUT2D eigenvalue weighted by atomic mass is 32.1. The number of aromatic nitrogens is 2. The number of carbonyl (C=O) groups is 1. The van der Waals surface area contributed by atoms with Crippen molar-refractivity contribution in [1.82, 2.24) is 9.55 Å². The van der Waals surface area contributed by atoms with E-state index in [1.807, 2.05) is 0 Å². The number of thiophene rings is 1. The molecule has 2 atom stereocenters. The van der Waals surface area contributed by atoms with Gasteiger partial charge in [0, 0.05) is 12.0 Å². The Labute approximate surface area is 163 Å². The van der Waals surface area contributed by atoms with Crippen molar-refractivity contribution in [3.8, 4) is 0 Å². The quantitative estimate of drug-likeness (QED) is 0.731. The van der Waals surface area contributed by atoms with Crippen LogP contribution in [0, 0.1) is 11.3 Å². The number of hydrogen-bond donors (Lipinski definition) is 0. The summed E-state index contributed by atoms with van der Waals surface area (Å²) in [5.74, 6) is 0.150. The lowest BCUT2D eigenvalue weighted by Crippen LogP contribution is -2.29. The van der Waals surface area contributed by atoms with Crippen molar-refractivity contribution in [2.75, 3.05) is 13.7 Å². The SMILES string of the molecule is COCC(C)OC(=O)Cn1cnc2sc3c(c2c1=O)CCC(C(C)(C)C)C3. The van der Waals surface area contributed by atoms with Crippen LogP contribution in [0.5, 0.6) is 0 Å². The van der Waals surface area contributed by atoms with Crippen LogP contribution in [0.3, 0.4) is 0 Å². The van der Waals surface area contributed by atoms with Gasteiger partial charge in [-0.1, -0.05) is 20.8 Å². The first-order valence-electron chi connectivity index (χ1n) is 9.38. The summed E-state index contributed by atoms with van der Waals surface area (Å²) in [5, 5.41) is 0.683. The second-order valence-electron chi connectivity index (χ2n) is 8.42. The van der Waals surface area contributed by atoms with Crippen molar-refractivity contribution in [3.05, 3.63) is 27.1 Å². The van der Waals surface area contributed by atoms with E-state index in [9.17, 15) is 9.59 Å². The number of esters is 1. The molecular weight excluding hydrogens is 364 g/mol. The van der Waals surface area contributed by atoms with Crippen LogP contribution in [-0.2, 0) is 33.7 Å². The molecule has 148 valence electrons. The number of ether oxygens (including phenoxy) is 2. The van der Waals surface area contributed by atoms with Crippen LogP contribution in [0.15, 0.2) is 11.1 Å². The summed E-state index contributed by atoms with van der Waals surface area (Å²) in [5.41, 5.74) is 1.23. The molecule has 0 N–H and O–H groups in total. The zero-order valence-corrected chi connectivity index (χ0v) is 17.5. The molecule has 1 aliphatic rings. The van der Waals surface area contributed by atoms with Crippen molar-refractivity contribution in [1.29, 1.82) is 0 Å². The van der Waals surface area contributed by atoms with Crippen LogP contribution < -0.4 is 5.56 Å². The molecule has 2 aromatic heterocycles. The van der Waals surface area contributed by atoms with Crippen LogP contribution in [0.2, 0.25) is 0 Å². The number of carbonyl (C=O) groups excluding carboxylic acids is 1. The Morgan fingerprint density at radius 3 is 2.85 bits per heavy atom. The van der Waals surface area contributed by atoms with Gasteiger partial charge >= 0.3 is 5.97 Å². The number of aryl methyl sites for hydroxylation is 1. The molecule has 27 heavy (non-hydrogen) atoms. The molecule has 0 saturated heterocycles. The van der Waals surface area contributed by atoms with E-state index in [0.29, 0.717) is 17.9 Å². The summed E-state index contributed by atoms with van der Waals surface area (Å²) >= 11 is 1.62. The lowest BCUT2D eigenvalue weighted by Gasteiger charge is -2.33. The largest absolute Gasteiger partial charge is 0.459 e. The fourth-order valence-electron chi connectivity index (χ4n) is 3.72. The average Bonchev–Trinajstić information content (AvgIpc) is 2.95. The Morgan fingerprint density at radius 1 is 1.44 bits per heavy atom. The standard InChI is InChI=1S/C20H28N2O4S/c1-12(10-25-5)26-16(23)9-22-11-21-18-17(19(22)24)14-7-6-13(20(2,3)4)8-15(14)27-18/h11-13H,6-10H2,1-5H3. The van der Waals surface area contributed by atoms with E-state index in [-0.39, 0.29) is 23.6 Å². The van der Waals surface area contributed by atoms with Crippen LogP contribution >= 0.6 is 11.3 Å². The zero-order chi connectivity index (χ0) is 19.8. The van der Waals surface area contributed by atoms with Crippen molar-refractivity contribution in [2.24, 2.45) is 11.3 Å². The normalized spacial score (nSPS) is 18.3. The van der Waals surface area contributed by atoms with E-state index < -0.39 is 5.97 Å². The molecule has 6 nitrogen and oxygen atoms in total. The van der Waals surface area contributed by atoms with E-state index in [4.69, 9.17) is 9.47 Å². The molecular formula is C20H28N2O4S. The molecule has 2 heterocycles. The monoisotopic (exact) mass is 392 g/mol. The average molecular weight is 393 g/mol. The second-order valence-corrected chi connectivity index (χ2v) is 9.51. The minimum atomic E-state index is -0.459. The van der Waals surface area contributed by atoms with Gasteiger partial charge in [-0.25, -0.2) is 4.98 Å². The van der Waals surface area contributed by atoms with Gasteiger partial charge in [-0.2, -0.15) is 0 Å². The van der Waals surface area contributed by atoms with Gasteiger partial charge in [0.15, 0.2) is 0 Å². The van der Waals surface area contributed by atoms with E-state index >= 15 is 0 Å². The molecule has 0 amide bonds. The van der Waals surface area contributed by atoms with Crippen molar-refractivity contribution in [3.63, 3.8) is 0 Å². The molecule has 0 fully saturated rings. The first kappa shape index (κ1) is 20.0. The molecule has 0 saturated carbocycles. The lowest BCUT2D eigenvalue weighted by atomic mass is 9.72. The van der Waals surface area contributed by atoms with Crippen molar-refractivity contribution < 1.29 is 14.3 Å². The maximum atomic E-state index is 13.0. The third-order valence-electron chi connectivity index (χ3n) is 5.29. The van der Waals surface area contributed by atoms with E-state index in [2.05, 4.69) is 25.8 Å². The Bertz CT molecular complexity index is 894. The van der Waals surface area contributed by atoms with Gasteiger partial charge < -0.3 is 9.47 Å². The highest BCUT2D eigenvalue weighted by Crippen LogP contribution is 2.41. The molecule has 0 bridgehead atoms. The van der Waals surface area contributed by atoms with Crippen molar-refractivity contribution >= 4 is 27.5 Å². The Morgan fingerprint density at radius 2 is 2.19 bits per heavy atom. The van der Waals surface area contributed by atoms with Gasteiger partial charge in [0.05, 0.1) is 18.3 Å². The maximum absolute atomic E-state index is 13.0. The smallest absolute Gasteiger partial charge is 0.326 e. The number of rotatable bonds is 5. The Balaban J connectivity index is 1.86. The van der Waals surface area contributed by atoms with E-state index in [1.54, 1.807) is 25.4 Å². The Hall–Kier alpha value is -1.73. The highest BCUT2D eigenvalue weighted by molar-refractivity contribution is 7.18. The molecule has 7 heteroatoms. The zero-order valence-electron chi connectivity index (χ0n) is 16.7. The molecule has 0 aliphatic heterocycles. The summed E-state index contributed by atoms with van der Waals surface area (Å²) in [6.45, 7) is 8.77. The number of hydrogen-bond acceptors (Lipinski definition) is 6. The summed E-state index contributed by atoms with van der Waals surface area (Å²) in [7, 11) is 1.55. The first-order valence-corrected chi connectivity index (χ1v) is 10.2. The fraction of sp³-hybridized carbons (Fsp3) is 0.650. The van der Waals surface area contributed by atoms with Crippen LogP contribution in [-0.4, -0.2) is 35.3 Å². The number of nitrogens with zero attached hydrogens (tertiary/aromatic N) is 2. The summed E-state index contributed by atoms with van der Waals surface area (Å²) in [6, 6.07) is 0. The van der Waals surface area contributed by atoms with Crippen LogP contribution in [0.4, 0.5) is 0 Å². The Kier molecular flexibility index (Phi) is 5.72.